The number of nitrogens with one attached hydrogen (secondary N) is 1. The van der Waals surface area contributed by atoms with Crippen LogP contribution in [0, 0.1) is 0 Å². The fourth-order valence-electron chi connectivity index (χ4n) is 2.70. The van der Waals surface area contributed by atoms with Crippen molar-refractivity contribution in [1.82, 2.24) is 4.72 Å². The predicted molar refractivity (Wildman–Crippen MR) is 80.2 cm³/mol. The highest BCUT2D eigenvalue weighted by atomic mass is 32.2. The average molecular weight is 351 g/mol. The first-order valence-corrected chi connectivity index (χ1v) is 9.08. The van der Waals surface area contributed by atoms with E-state index >= 15 is 0 Å². The summed E-state index contributed by atoms with van der Waals surface area (Å²) < 4.78 is 64.1. The highest BCUT2D eigenvalue weighted by Gasteiger charge is 2.30. The van der Waals surface area contributed by atoms with Crippen LogP contribution in [0.2, 0.25) is 0 Å². The highest BCUT2D eigenvalue weighted by Crippen LogP contribution is 2.30. The van der Waals surface area contributed by atoms with Gasteiger partial charge in [0, 0.05) is 6.54 Å². The summed E-state index contributed by atoms with van der Waals surface area (Å²) in [6, 6.07) is 4.05. The second kappa shape index (κ2) is 7.19. The summed E-state index contributed by atoms with van der Waals surface area (Å²) in [6.07, 6.45) is -1.65. The summed E-state index contributed by atoms with van der Waals surface area (Å²) in [7, 11) is -3.51. The average Bonchev–Trinajstić information content (AvgIpc) is 2.53. The van der Waals surface area contributed by atoms with E-state index in [0.29, 0.717) is 12.8 Å². The van der Waals surface area contributed by atoms with Gasteiger partial charge in [-0.1, -0.05) is 31.4 Å². The SMILES string of the molecule is O=S(=O)(NCC(O)c1ccc(C(F)(F)F)cc1)C1CCCCC1. The first kappa shape index (κ1) is 18.2. The topological polar surface area (TPSA) is 66.4 Å². The first-order valence-electron chi connectivity index (χ1n) is 7.54. The monoisotopic (exact) mass is 351 g/mol. The van der Waals surface area contributed by atoms with Crippen LogP contribution in [-0.4, -0.2) is 25.3 Å². The minimum Gasteiger partial charge on any atom is -0.387 e. The Balaban J connectivity index is 1.95. The smallest absolute Gasteiger partial charge is 0.387 e. The third kappa shape index (κ3) is 4.92. The lowest BCUT2D eigenvalue weighted by Crippen LogP contribution is -2.37. The zero-order chi connectivity index (χ0) is 17.1. The van der Waals surface area contributed by atoms with Gasteiger partial charge in [-0.3, -0.25) is 0 Å². The summed E-state index contributed by atoms with van der Waals surface area (Å²) in [5.41, 5.74) is -0.569. The molecule has 23 heavy (non-hydrogen) atoms. The number of halogens is 3. The van der Waals surface area contributed by atoms with Gasteiger partial charge in [-0.15, -0.1) is 0 Å². The van der Waals surface area contributed by atoms with Crippen LogP contribution in [0.5, 0.6) is 0 Å². The van der Waals surface area contributed by atoms with E-state index in [4.69, 9.17) is 0 Å². The van der Waals surface area contributed by atoms with E-state index < -0.39 is 33.1 Å². The summed E-state index contributed by atoms with van der Waals surface area (Å²) in [5, 5.41) is 9.52. The fourth-order valence-corrected chi connectivity index (χ4v) is 4.28. The summed E-state index contributed by atoms with van der Waals surface area (Å²) in [4.78, 5) is 0. The molecule has 1 aliphatic carbocycles. The minimum absolute atomic E-state index is 0.240. The van der Waals surface area contributed by atoms with Crippen molar-refractivity contribution < 1.29 is 26.7 Å². The van der Waals surface area contributed by atoms with Gasteiger partial charge in [-0.25, -0.2) is 13.1 Å². The van der Waals surface area contributed by atoms with Gasteiger partial charge in [0.05, 0.1) is 16.9 Å². The molecule has 2 rings (SSSR count). The third-order valence-electron chi connectivity index (χ3n) is 4.09. The Morgan fingerprint density at radius 1 is 1.13 bits per heavy atom. The standard InChI is InChI=1S/C15H20F3NO3S/c16-15(17,18)12-8-6-11(7-9-12)14(20)10-19-23(21,22)13-4-2-1-3-5-13/h6-9,13-14,19-20H,1-5,10H2. The molecule has 0 radical (unpaired) electrons. The summed E-state index contributed by atoms with van der Waals surface area (Å²) in [6.45, 7) is -0.246. The zero-order valence-corrected chi connectivity index (χ0v) is 13.3. The Morgan fingerprint density at radius 2 is 1.70 bits per heavy atom. The lowest BCUT2D eigenvalue weighted by Gasteiger charge is -2.23. The second-order valence-electron chi connectivity index (χ2n) is 5.79. The van der Waals surface area contributed by atoms with E-state index in [1.165, 1.54) is 0 Å². The van der Waals surface area contributed by atoms with Crippen LogP contribution < -0.4 is 4.72 Å². The number of aliphatic hydroxyl groups is 1. The van der Waals surface area contributed by atoms with Gasteiger partial charge in [0.25, 0.3) is 0 Å². The molecule has 8 heteroatoms. The number of hydrogen-bond acceptors (Lipinski definition) is 3. The van der Waals surface area contributed by atoms with E-state index in [2.05, 4.69) is 4.72 Å². The van der Waals surface area contributed by atoms with Gasteiger partial charge in [0.2, 0.25) is 10.0 Å². The molecule has 4 nitrogen and oxygen atoms in total. The summed E-state index contributed by atoms with van der Waals surface area (Å²) >= 11 is 0. The quantitative estimate of drug-likeness (QED) is 0.857. The lowest BCUT2D eigenvalue weighted by molar-refractivity contribution is -0.137. The molecule has 1 fully saturated rings. The Kier molecular flexibility index (Phi) is 5.70. The van der Waals surface area contributed by atoms with E-state index in [9.17, 15) is 26.7 Å². The van der Waals surface area contributed by atoms with E-state index in [0.717, 1.165) is 43.5 Å². The van der Waals surface area contributed by atoms with Gasteiger partial charge < -0.3 is 5.11 Å². The molecule has 1 aromatic carbocycles. The Morgan fingerprint density at radius 3 is 2.22 bits per heavy atom. The van der Waals surface area contributed by atoms with Gasteiger partial charge in [-0.05, 0) is 30.5 Å². The normalized spacial score (nSPS) is 18.8. The third-order valence-corrected chi connectivity index (χ3v) is 6.01. The van der Waals surface area contributed by atoms with Crippen molar-refractivity contribution in [3.63, 3.8) is 0 Å². The van der Waals surface area contributed by atoms with Crippen molar-refractivity contribution in [2.45, 2.75) is 49.6 Å². The predicted octanol–water partition coefficient (Wildman–Crippen LogP) is 2.99. The van der Waals surface area contributed by atoms with Crippen LogP contribution in [0.25, 0.3) is 0 Å². The fraction of sp³-hybridized carbons (Fsp3) is 0.600. The van der Waals surface area contributed by atoms with Crippen molar-refractivity contribution in [3.05, 3.63) is 35.4 Å². The number of sulfonamides is 1. The molecule has 0 heterocycles. The van der Waals surface area contributed by atoms with Gasteiger partial charge in [0.15, 0.2) is 0 Å². The molecule has 0 saturated heterocycles. The molecule has 1 aromatic rings. The van der Waals surface area contributed by atoms with Crippen molar-refractivity contribution in [3.8, 4) is 0 Å². The largest absolute Gasteiger partial charge is 0.416 e. The van der Waals surface area contributed by atoms with E-state index in [1.54, 1.807) is 0 Å². The van der Waals surface area contributed by atoms with Crippen molar-refractivity contribution in [2.75, 3.05) is 6.54 Å². The molecule has 1 unspecified atom stereocenters. The Labute approximate surface area is 133 Å². The number of hydrogen-bond donors (Lipinski definition) is 2. The molecule has 2 N–H and O–H groups in total. The molecule has 1 aliphatic rings. The number of rotatable bonds is 5. The molecule has 1 atom stereocenters. The molecule has 0 bridgehead atoms. The molecular formula is C15H20F3NO3S. The molecule has 130 valence electrons. The van der Waals surface area contributed by atoms with Gasteiger partial charge >= 0.3 is 6.18 Å². The lowest BCUT2D eigenvalue weighted by atomic mass is 10.0. The van der Waals surface area contributed by atoms with E-state index in [1.807, 2.05) is 0 Å². The Bertz CT molecular complexity index is 608. The number of alkyl halides is 3. The van der Waals surface area contributed by atoms with Crippen LogP contribution in [0.4, 0.5) is 13.2 Å². The van der Waals surface area contributed by atoms with Crippen LogP contribution in [0.15, 0.2) is 24.3 Å². The molecular weight excluding hydrogens is 331 g/mol. The van der Waals surface area contributed by atoms with Crippen LogP contribution in [0.1, 0.15) is 49.3 Å². The summed E-state index contributed by atoms with van der Waals surface area (Å²) in [5.74, 6) is 0. The molecule has 0 aromatic heterocycles. The Hall–Kier alpha value is -1.12. The van der Waals surface area contributed by atoms with Crippen molar-refractivity contribution >= 4 is 10.0 Å². The van der Waals surface area contributed by atoms with Crippen LogP contribution in [0.3, 0.4) is 0 Å². The maximum Gasteiger partial charge on any atom is 0.416 e. The van der Waals surface area contributed by atoms with Gasteiger partial charge in [0.1, 0.15) is 0 Å². The zero-order valence-electron chi connectivity index (χ0n) is 12.5. The molecule has 1 saturated carbocycles. The number of aliphatic hydroxyl groups excluding tert-OH is 1. The van der Waals surface area contributed by atoms with Crippen LogP contribution in [-0.2, 0) is 16.2 Å². The maximum absolute atomic E-state index is 12.5. The van der Waals surface area contributed by atoms with Crippen molar-refractivity contribution in [1.29, 1.82) is 0 Å². The maximum atomic E-state index is 12.5. The van der Waals surface area contributed by atoms with Gasteiger partial charge in [-0.2, -0.15) is 13.2 Å². The van der Waals surface area contributed by atoms with Crippen LogP contribution >= 0.6 is 0 Å². The first-order chi connectivity index (χ1) is 10.7. The molecule has 0 amide bonds. The van der Waals surface area contributed by atoms with E-state index in [-0.39, 0.29) is 12.1 Å². The second-order valence-corrected chi connectivity index (χ2v) is 7.83. The van der Waals surface area contributed by atoms with Crippen molar-refractivity contribution in [2.24, 2.45) is 0 Å². The number of benzene rings is 1. The molecule has 0 aliphatic heterocycles. The minimum atomic E-state index is -4.44. The highest BCUT2D eigenvalue weighted by molar-refractivity contribution is 7.90. The molecule has 0 spiro atoms.